The Bertz CT molecular complexity index is 767. The topological polar surface area (TPSA) is 56.2 Å². The molecule has 1 aromatic carbocycles. The van der Waals surface area contributed by atoms with Crippen molar-refractivity contribution in [2.45, 2.75) is 69.4 Å². The maximum absolute atomic E-state index is 11.8. The van der Waals surface area contributed by atoms with Crippen molar-refractivity contribution in [3.8, 4) is 0 Å². The molecule has 7 heteroatoms. The summed E-state index contributed by atoms with van der Waals surface area (Å²) in [6, 6.07) is 8.31. The molecule has 5 nitrogen and oxygen atoms in total. The third-order valence-corrected chi connectivity index (χ3v) is 5.48. The van der Waals surface area contributed by atoms with E-state index in [1.807, 2.05) is 25.5 Å². The third kappa shape index (κ3) is 6.57. The van der Waals surface area contributed by atoms with Crippen LogP contribution in [-0.2, 0) is 24.1 Å². The number of halogens is 1. The van der Waals surface area contributed by atoms with Gasteiger partial charge in [0.1, 0.15) is 5.60 Å². The van der Waals surface area contributed by atoms with Crippen molar-refractivity contribution in [2.75, 3.05) is 6.54 Å². The Balaban J connectivity index is 2.10. The van der Waals surface area contributed by atoms with E-state index >= 15 is 0 Å². The normalized spacial score (nSPS) is 11.5. The Kier molecular flexibility index (Phi) is 7.79. The van der Waals surface area contributed by atoms with E-state index in [-0.39, 0.29) is 0 Å². The molecule has 0 fully saturated rings. The minimum Gasteiger partial charge on any atom is -0.444 e. The lowest BCUT2D eigenvalue weighted by Crippen LogP contribution is -2.34. The zero-order valence-corrected chi connectivity index (χ0v) is 19.0. The molecule has 0 atom stereocenters. The lowest BCUT2D eigenvalue weighted by atomic mass is 10.2. The SMILES string of the molecule is CCc1nn(CCNC(=O)OC(C)(C)C)c(CC)c1Sc1ccc(Br)cc1. The highest BCUT2D eigenvalue weighted by Crippen LogP contribution is 2.34. The average Bonchev–Trinajstić information content (AvgIpc) is 2.92. The number of nitrogens with one attached hydrogen (secondary N) is 1. The van der Waals surface area contributed by atoms with Crippen LogP contribution in [0.25, 0.3) is 0 Å². The predicted octanol–water partition coefficient (Wildman–Crippen LogP) is 5.45. The molecule has 0 radical (unpaired) electrons. The number of ether oxygens (including phenoxy) is 1. The van der Waals surface area contributed by atoms with E-state index in [4.69, 9.17) is 9.84 Å². The van der Waals surface area contributed by atoms with Gasteiger partial charge in [-0.1, -0.05) is 41.5 Å². The van der Waals surface area contributed by atoms with Crippen LogP contribution in [0.4, 0.5) is 4.79 Å². The molecule has 0 aliphatic heterocycles. The third-order valence-electron chi connectivity index (χ3n) is 3.77. The summed E-state index contributed by atoms with van der Waals surface area (Å²) in [4.78, 5) is 14.2. The molecular weight excluding hydrogens is 426 g/mol. The van der Waals surface area contributed by atoms with Crippen molar-refractivity contribution in [1.29, 1.82) is 0 Å². The second kappa shape index (κ2) is 9.64. The van der Waals surface area contributed by atoms with Crippen molar-refractivity contribution in [1.82, 2.24) is 15.1 Å². The summed E-state index contributed by atoms with van der Waals surface area (Å²) in [6.07, 6.45) is 1.37. The Hall–Kier alpha value is -1.47. The van der Waals surface area contributed by atoms with Crippen molar-refractivity contribution in [2.24, 2.45) is 0 Å². The van der Waals surface area contributed by atoms with Gasteiger partial charge >= 0.3 is 6.09 Å². The van der Waals surface area contributed by atoms with Gasteiger partial charge in [0, 0.05) is 15.9 Å². The maximum Gasteiger partial charge on any atom is 0.407 e. The number of hydrogen-bond donors (Lipinski definition) is 1. The summed E-state index contributed by atoms with van der Waals surface area (Å²) in [7, 11) is 0. The standard InChI is InChI=1S/C20H28BrN3O2S/c1-6-16-18(27-15-10-8-14(21)9-11-15)17(7-2)24(23-16)13-12-22-19(25)26-20(3,4)5/h8-11H,6-7,12-13H2,1-5H3,(H,22,25). The van der Waals surface area contributed by atoms with Gasteiger partial charge in [-0.25, -0.2) is 4.79 Å². The molecule has 1 heterocycles. The molecule has 0 saturated heterocycles. The molecule has 148 valence electrons. The lowest BCUT2D eigenvalue weighted by molar-refractivity contribution is 0.0525. The van der Waals surface area contributed by atoms with Crippen LogP contribution in [0.2, 0.25) is 0 Å². The van der Waals surface area contributed by atoms with Crippen LogP contribution >= 0.6 is 27.7 Å². The first-order valence-corrected chi connectivity index (χ1v) is 10.8. The summed E-state index contributed by atoms with van der Waals surface area (Å²) >= 11 is 5.23. The highest BCUT2D eigenvalue weighted by molar-refractivity contribution is 9.10. The van der Waals surface area contributed by atoms with Crippen LogP contribution in [0.1, 0.15) is 46.0 Å². The molecule has 0 unspecified atom stereocenters. The van der Waals surface area contributed by atoms with Gasteiger partial charge in [0.05, 0.1) is 22.8 Å². The number of carbonyl (C=O) groups is 1. The Morgan fingerprint density at radius 3 is 2.44 bits per heavy atom. The first kappa shape index (κ1) is 21.8. The van der Waals surface area contributed by atoms with E-state index in [0.717, 1.165) is 23.0 Å². The minimum absolute atomic E-state index is 0.395. The molecule has 0 aliphatic rings. The summed E-state index contributed by atoms with van der Waals surface area (Å²) in [6.45, 7) is 10.9. The molecule has 0 saturated carbocycles. The molecule has 0 bridgehead atoms. The fraction of sp³-hybridized carbons (Fsp3) is 0.500. The average molecular weight is 454 g/mol. The molecule has 27 heavy (non-hydrogen) atoms. The van der Waals surface area contributed by atoms with E-state index in [1.165, 1.54) is 15.5 Å². The van der Waals surface area contributed by atoms with Crippen LogP contribution in [0, 0.1) is 0 Å². The second-order valence-electron chi connectivity index (χ2n) is 7.14. The summed E-state index contributed by atoms with van der Waals surface area (Å²) in [5.74, 6) is 0. The van der Waals surface area contributed by atoms with Gasteiger partial charge in [-0.3, -0.25) is 4.68 Å². The first-order valence-electron chi connectivity index (χ1n) is 9.22. The smallest absolute Gasteiger partial charge is 0.407 e. The summed E-state index contributed by atoms with van der Waals surface area (Å²) < 4.78 is 8.37. The number of nitrogens with zero attached hydrogens (tertiary/aromatic N) is 2. The molecular formula is C20H28BrN3O2S. The van der Waals surface area contributed by atoms with E-state index < -0.39 is 11.7 Å². The molecule has 0 aliphatic carbocycles. The zero-order chi connectivity index (χ0) is 20.0. The van der Waals surface area contributed by atoms with Crippen molar-refractivity contribution >= 4 is 33.8 Å². The number of rotatable bonds is 7. The molecule has 1 aromatic heterocycles. The fourth-order valence-corrected chi connectivity index (χ4v) is 4.05. The van der Waals surface area contributed by atoms with Crippen molar-refractivity contribution in [3.05, 3.63) is 40.1 Å². The van der Waals surface area contributed by atoms with Crippen LogP contribution in [0.3, 0.4) is 0 Å². The maximum atomic E-state index is 11.8. The van der Waals surface area contributed by atoms with Crippen LogP contribution < -0.4 is 5.32 Å². The quantitative estimate of drug-likeness (QED) is 0.605. The van der Waals surface area contributed by atoms with Gasteiger partial charge in [-0.2, -0.15) is 5.10 Å². The lowest BCUT2D eigenvalue weighted by Gasteiger charge is -2.19. The van der Waals surface area contributed by atoms with Crippen molar-refractivity contribution in [3.63, 3.8) is 0 Å². The van der Waals surface area contributed by atoms with Gasteiger partial charge in [-0.05, 0) is 57.9 Å². The number of benzene rings is 1. The Labute approximate surface area is 174 Å². The molecule has 0 spiro atoms. The van der Waals surface area contributed by atoms with Crippen molar-refractivity contribution < 1.29 is 9.53 Å². The van der Waals surface area contributed by atoms with Gasteiger partial charge < -0.3 is 10.1 Å². The molecule has 2 aromatic rings. The van der Waals surface area contributed by atoms with Crippen LogP contribution in [0.15, 0.2) is 38.5 Å². The number of hydrogen-bond acceptors (Lipinski definition) is 4. The minimum atomic E-state index is -0.492. The van der Waals surface area contributed by atoms with Crippen LogP contribution in [-0.4, -0.2) is 28.0 Å². The monoisotopic (exact) mass is 453 g/mol. The Morgan fingerprint density at radius 2 is 1.89 bits per heavy atom. The number of amides is 1. The van der Waals surface area contributed by atoms with E-state index in [9.17, 15) is 4.79 Å². The van der Waals surface area contributed by atoms with E-state index in [1.54, 1.807) is 11.8 Å². The van der Waals surface area contributed by atoms with Gasteiger partial charge in [0.25, 0.3) is 0 Å². The molecule has 1 amide bonds. The summed E-state index contributed by atoms with van der Waals surface area (Å²) in [5, 5.41) is 7.59. The number of alkyl carbamates (subject to hydrolysis) is 1. The van der Waals surface area contributed by atoms with E-state index in [2.05, 4.69) is 59.4 Å². The molecule has 1 N–H and O–H groups in total. The largest absolute Gasteiger partial charge is 0.444 e. The highest BCUT2D eigenvalue weighted by atomic mass is 79.9. The zero-order valence-electron chi connectivity index (χ0n) is 16.6. The van der Waals surface area contributed by atoms with Crippen LogP contribution in [0.5, 0.6) is 0 Å². The number of carbonyl (C=O) groups excluding carboxylic acids is 1. The summed E-state index contributed by atoms with van der Waals surface area (Å²) in [5.41, 5.74) is 1.80. The fourth-order valence-electron chi connectivity index (χ4n) is 2.61. The van der Waals surface area contributed by atoms with E-state index in [0.29, 0.717) is 13.1 Å². The van der Waals surface area contributed by atoms with Gasteiger partial charge in [0.15, 0.2) is 0 Å². The molecule has 2 rings (SSSR count). The highest BCUT2D eigenvalue weighted by Gasteiger charge is 2.18. The Morgan fingerprint density at radius 1 is 1.22 bits per heavy atom. The van der Waals surface area contributed by atoms with Gasteiger partial charge in [0.2, 0.25) is 0 Å². The number of aryl methyl sites for hydroxylation is 1. The van der Waals surface area contributed by atoms with Gasteiger partial charge in [-0.15, -0.1) is 0 Å². The first-order chi connectivity index (χ1) is 12.7. The predicted molar refractivity (Wildman–Crippen MR) is 113 cm³/mol. The number of aromatic nitrogens is 2. The second-order valence-corrected chi connectivity index (χ2v) is 9.14.